The number of hydrogen-bond donors (Lipinski definition) is 0. The number of carbonyl (C=O) groups excluding carboxylic acids is 2. The summed E-state index contributed by atoms with van der Waals surface area (Å²) < 4.78 is 19.2. The molecule has 4 aromatic rings. The molecule has 0 N–H and O–H groups in total. The van der Waals surface area contributed by atoms with Crippen molar-refractivity contribution in [1.82, 2.24) is 0 Å². The van der Waals surface area contributed by atoms with Crippen LogP contribution >= 0.6 is 0 Å². The van der Waals surface area contributed by atoms with Crippen LogP contribution in [0.1, 0.15) is 34.5 Å². The van der Waals surface area contributed by atoms with Gasteiger partial charge in [-0.15, -0.1) is 0 Å². The van der Waals surface area contributed by atoms with Gasteiger partial charge in [0.15, 0.2) is 12.6 Å². The van der Waals surface area contributed by atoms with E-state index in [1.807, 2.05) is 109 Å². The molecule has 2 atom stereocenters. The summed E-state index contributed by atoms with van der Waals surface area (Å²) in [4.78, 5) is 25.1. The molecule has 5 heteroatoms. The number of carbonyl (C=O) groups is 2. The molecule has 2 heterocycles. The molecule has 5 nitrogen and oxygen atoms in total. The van der Waals surface area contributed by atoms with Crippen molar-refractivity contribution in [3.8, 4) is 11.5 Å². The molecule has 0 saturated carbocycles. The molecule has 37 heavy (non-hydrogen) atoms. The molecule has 0 fully saturated rings. The van der Waals surface area contributed by atoms with Crippen LogP contribution in [-0.4, -0.2) is 12.6 Å². The lowest BCUT2D eigenvalue weighted by molar-refractivity contribution is -0.107. The predicted molar refractivity (Wildman–Crippen MR) is 140 cm³/mol. The van der Waals surface area contributed by atoms with Crippen molar-refractivity contribution < 1.29 is 23.8 Å². The van der Waals surface area contributed by atoms with Gasteiger partial charge in [-0.3, -0.25) is 9.59 Å². The first-order chi connectivity index (χ1) is 18.3. The van der Waals surface area contributed by atoms with Crippen LogP contribution in [0.4, 0.5) is 0 Å². The van der Waals surface area contributed by atoms with E-state index in [2.05, 4.69) is 0 Å². The number of aldehydes is 2. The summed E-state index contributed by atoms with van der Waals surface area (Å²) in [7, 11) is 0. The van der Waals surface area contributed by atoms with E-state index in [1.54, 1.807) is 0 Å². The van der Waals surface area contributed by atoms with Crippen LogP contribution in [0.3, 0.4) is 0 Å². The molecule has 0 amide bonds. The highest BCUT2D eigenvalue weighted by molar-refractivity contribution is 5.91. The molecule has 0 aromatic heterocycles. The zero-order valence-electron chi connectivity index (χ0n) is 19.7. The number of hydrogen-bond acceptors (Lipinski definition) is 5. The monoisotopic (exact) mass is 486 g/mol. The van der Waals surface area contributed by atoms with Gasteiger partial charge in [-0.1, -0.05) is 97.1 Å². The van der Waals surface area contributed by atoms with Crippen LogP contribution in [0.2, 0.25) is 0 Å². The Bertz CT molecular complexity index is 1420. The van der Waals surface area contributed by atoms with E-state index in [1.165, 1.54) is 0 Å². The first kappa shape index (κ1) is 22.7. The van der Waals surface area contributed by atoms with E-state index in [4.69, 9.17) is 14.2 Å². The lowest BCUT2D eigenvalue weighted by Gasteiger charge is -2.34. The van der Waals surface area contributed by atoms with Crippen LogP contribution in [0.25, 0.3) is 11.5 Å². The summed E-state index contributed by atoms with van der Waals surface area (Å²) in [6, 6.07) is 33.8. The Kier molecular flexibility index (Phi) is 5.97. The normalized spacial score (nSPS) is 18.3. The quantitative estimate of drug-likeness (QED) is 0.292. The lowest BCUT2D eigenvalue weighted by Crippen LogP contribution is -2.24. The minimum Gasteiger partial charge on any atom is -0.456 e. The smallest absolute Gasteiger partial charge is 0.152 e. The van der Waals surface area contributed by atoms with Crippen molar-refractivity contribution in [2.75, 3.05) is 0 Å². The molecule has 6 rings (SSSR count). The van der Waals surface area contributed by atoms with E-state index in [9.17, 15) is 9.59 Å². The molecular weight excluding hydrogens is 464 g/mol. The van der Waals surface area contributed by atoms with Gasteiger partial charge in [0.05, 0.1) is 11.1 Å². The molecule has 0 spiro atoms. The molecule has 4 aromatic carbocycles. The van der Waals surface area contributed by atoms with E-state index in [0.29, 0.717) is 45.3 Å². The molecule has 2 aliphatic rings. The van der Waals surface area contributed by atoms with E-state index < -0.39 is 12.2 Å². The third kappa shape index (κ3) is 4.05. The Labute approximate surface area is 214 Å². The van der Waals surface area contributed by atoms with E-state index in [-0.39, 0.29) is 0 Å². The topological polar surface area (TPSA) is 61.8 Å². The average molecular weight is 487 g/mol. The van der Waals surface area contributed by atoms with Gasteiger partial charge in [-0.25, -0.2) is 0 Å². The fraction of sp³-hybridized carbons (Fsp3) is 0.0625. The van der Waals surface area contributed by atoms with Crippen molar-refractivity contribution in [1.29, 1.82) is 0 Å². The summed E-state index contributed by atoms with van der Waals surface area (Å²) in [6.45, 7) is 0. The van der Waals surface area contributed by atoms with Crippen molar-refractivity contribution >= 4 is 24.1 Å². The SMILES string of the molecule is O=CC1=C(c2ccccc2)Oc2ccccc2[C@@H]1O[C@H]1C(C=O)=C(c2ccccc2)Oc2ccccc21. The summed E-state index contributed by atoms with van der Waals surface area (Å²) in [5.41, 5.74) is 3.63. The standard InChI is InChI=1S/C32H22O5/c33-19-25-29(21-11-3-1-4-12-21)35-27-17-9-7-15-23(27)31(25)37-32-24-16-8-10-18-28(24)36-30(26(32)20-34)22-13-5-2-6-14-22/h1-20,31-32H/t31-,32+. The molecule has 180 valence electrons. The highest BCUT2D eigenvalue weighted by atomic mass is 16.5. The largest absolute Gasteiger partial charge is 0.456 e. The van der Waals surface area contributed by atoms with Crippen LogP contribution in [-0.2, 0) is 14.3 Å². The zero-order chi connectivity index (χ0) is 25.2. The predicted octanol–water partition coefficient (Wildman–Crippen LogP) is 6.49. The second-order valence-electron chi connectivity index (χ2n) is 8.71. The van der Waals surface area contributed by atoms with Crippen LogP contribution in [0, 0.1) is 0 Å². The van der Waals surface area contributed by atoms with Crippen LogP contribution in [0.5, 0.6) is 11.5 Å². The van der Waals surface area contributed by atoms with Crippen LogP contribution in [0.15, 0.2) is 120 Å². The number of benzene rings is 4. The van der Waals surface area contributed by atoms with Gasteiger partial charge >= 0.3 is 0 Å². The highest BCUT2D eigenvalue weighted by Crippen LogP contribution is 2.49. The molecule has 0 aliphatic carbocycles. The number of ether oxygens (including phenoxy) is 3. The van der Waals surface area contributed by atoms with Gasteiger partial charge in [0.1, 0.15) is 35.2 Å². The number of rotatable bonds is 6. The molecule has 2 aliphatic heterocycles. The zero-order valence-corrected chi connectivity index (χ0v) is 19.7. The van der Waals surface area contributed by atoms with Crippen molar-refractivity contribution in [2.24, 2.45) is 0 Å². The average Bonchev–Trinajstić information content (AvgIpc) is 2.97. The number of fused-ring (bicyclic) bond motifs is 2. The van der Waals surface area contributed by atoms with Crippen molar-refractivity contribution in [2.45, 2.75) is 12.2 Å². The molecule has 0 saturated heterocycles. The number of para-hydroxylation sites is 2. The fourth-order valence-corrected chi connectivity index (χ4v) is 4.78. The van der Waals surface area contributed by atoms with Gasteiger partial charge in [-0.05, 0) is 12.1 Å². The molecular formula is C32H22O5. The second kappa shape index (κ2) is 9.72. The van der Waals surface area contributed by atoms with Gasteiger partial charge in [0, 0.05) is 22.3 Å². The van der Waals surface area contributed by atoms with Crippen molar-refractivity contribution in [3.63, 3.8) is 0 Å². The maximum atomic E-state index is 12.6. The first-order valence-electron chi connectivity index (χ1n) is 12.0. The minimum atomic E-state index is -0.777. The van der Waals surface area contributed by atoms with Gasteiger partial charge < -0.3 is 14.2 Å². The van der Waals surface area contributed by atoms with Crippen molar-refractivity contribution in [3.05, 3.63) is 143 Å². The third-order valence-corrected chi connectivity index (χ3v) is 6.51. The Morgan fingerprint density at radius 2 is 0.892 bits per heavy atom. The lowest BCUT2D eigenvalue weighted by atomic mass is 9.92. The maximum absolute atomic E-state index is 12.6. The summed E-state index contributed by atoms with van der Waals surface area (Å²) in [5.74, 6) is 2.05. The van der Waals surface area contributed by atoms with Gasteiger partial charge in [-0.2, -0.15) is 0 Å². The highest BCUT2D eigenvalue weighted by Gasteiger charge is 2.38. The van der Waals surface area contributed by atoms with E-state index in [0.717, 1.165) is 23.7 Å². The third-order valence-electron chi connectivity index (χ3n) is 6.51. The Morgan fingerprint density at radius 1 is 0.514 bits per heavy atom. The Balaban J connectivity index is 1.53. The first-order valence-corrected chi connectivity index (χ1v) is 12.0. The summed E-state index contributed by atoms with van der Waals surface area (Å²) in [6.07, 6.45) is -0.00534. The summed E-state index contributed by atoms with van der Waals surface area (Å²) in [5, 5.41) is 0. The Morgan fingerprint density at radius 3 is 1.30 bits per heavy atom. The minimum absolute atomic E-state index is 0.348. The molecule has 0 radical (unpaired) electrons. The van der Waals surface area contributed by atoms with Gasteiger partial charge in [0.2, 0.25) is 0 Å². The summed E-state index contributed by atoms with van der Waals surface area (Å²) >= 11 is 0. The Hall–Kier alpha value is -4.74. The van der Waals surface area contributed by atoms with Crippen LogP contribution < -0.4 is 9.47 Å². The fourth-order valence-electron chi connectivity index (χ4n) is 4.78. The molecule has 0 bridgehead atoms. The molecule has 0 unspecified atom stereocenters. The van der Waals surface area contributed by atoms with Gasteiger partial charge in [0.25, 0.3) is 0 Å². The maximum Gasteiger partial charge on any atom is 0.152 e. The second-order valence-corrected chi connectivity index (χ2v) is 8.71. The van der Waals surface area contributed by atoms with E-state index >= 15 is 0 Å².